The number of carbonyl (C=O) groups excluding carboxylic acids is 1. The zero-order valence-electron chi connectivity index (χ0n) is 9.43. The van der Waals surface area contributed by atoms with Gasteiger partial charge in [0, 0.05) is 11.0 Å². The number of benzene rings is 1. The number of amides is 1. The highest BCUT2D eigenvalue weighted by Crippen LogP contribution is 2.28. The van der Waals surface area contributed by atoms with E-state index < -0.39 is 0 Å². The number of hydrogen-bond donors (Lipinski definition) is 0. The van der Waals surface area contributed by atoms with Crippen molar-refractivity contribution in [2.24, 2.45) is 0 Å². The minimum Gasteiger partial charge on any atom is -0.374 e. The fraction of sp³-hybridized carbons (Fsp3) is 0.462. The molecule has 0 aliphatic carbocycles. The number of fused-ring (bicyclic) bond motifs is 2. The highest BCUT2D eigenvalue weighted by molar-refractivity contribution is 9.10. The van der Waals surface area contributed by atoms with Crippen molar-refractivity contribution in [3.05, 3.63) is 34.3 Å². The average Bonchev–Trinajstić information content (AvgIpc) is 2.94. The molecular formula is C13H14BrNO2. The zero-order chi connectivity index (χ0) is 11.8. The maximum absolute atomic E-state index is 12.2. The fourth-order valence-electron chi connectivity index (χ4n) is 2.61. The second-order valence-electron chi connectivity index (χ2n) is 4.66. The van der Waals surface area contributed by atoms with Gasteiger partial charge < -0.3 is 9.64 Å². The summed E-state index contributed by atoms with van der Waals surface area (Å²) in [6.45, 7) is 1.49. The van der Waals surface area contributed by atoms with Crippen molar-refractivity contribution in [3.63, 3.8) is 0 Å². The van der Waals surface area contributed by atoms with Crippen LogP contribution in [0.5, 0.6) is 0 Å². The Kier molecular flexibility index (Phi) is 2.92. The van der Waals surface area contributed by atoms with Crippen molar-refractivity contribution in [2.75, 3.05) is 13.2 Å². The van der Waals surface area contributed by atoms with Crippen LogP contribution in [0.15, 0.2) is 28.7 Å². The van der Waals surface area contributed by atoms with Crippen LogP contribution in [0.3, 0.4) is 0 Å². The van der Waals surface area contributed by atoms with E-state index in [4.69, 9.17) is 4.74 Å². The van der Waals surface area contributed by atoms with Gasteiger partial charge in [-0.05, 0) is 18.1 Å². The van der Waals surface area contributed by atoms with Crippen LogP contribution in [0.2, 0.25) is 0 Å². The van der Waals surface area contributed by atoms with Gasteiger partial charge in [0.25, 0.3) is 0 Å². The largest absolute Gasteiger partial charge is 0.374 e. The number of halogens is 1. The SMILES string of the molecule is O=C(Cc1ccccc1Br)N1CC2CC1CO2. The van der Waals surface area contributed by atoms with Crippen LogP contribution in [0.4, 0.5) is 0 Å². The van der Waals surface area contributed by atoms with Gasteiger partial charge in [0.2, 0.25) is 5.91 Å². The van der Waals surface area contributed by atoms with Crippen molar-refractivity contribution in [2.45, 2.75) is 25.0 Å². The van der Waals surface area contributed by atoms with Gasteiger partial charge in [-0.3, -0.25) is 4.79 Å². The average molecular weight is 296 g/mol. The molecule has 0 saturated carbocycles. The molecule has 2 aliphatic heterocycles. The number of hydrogen-bond acceptors (Lipinski definition) is 2. The predicted octanol–water partition coefficient (Wildman–Crippen LogP) is 1.99. The number of nitrogens with zero attached hydrogens (tertiary/aromatic N) is 1. The second kappa shape index (κ2) is 4.42. The van der Waals surface area contributed by atoms with Gasteiger partial charge in [-0.2, -0.15) is 0 Å². The number of carbonyl (C=O) groups is 1. The van der Waals surface area contributed by atoms with Crippen molar-refractivity contribution in [1.82, 2.24) is 4.90 Å². The minimum absolute atomic E-state index is 0.215. The molecule has 3 nitrogen and oxygen atoms in total. The second-order valence-corrected chi connectivity index (χ2v) is 5.51. The van der Waals surface area contributed by atoms with Gasteiger partial charge in [0.1, 0.15) is 0 Å². The molecule has 2 unspecified atom stereocenters. The Hall–Kier alpha value is -0.870. The zero-order valence-corrected chi connectivity index (χ0v) is 11.0. The van der Waals surface area contributed by atoms with Crippen LogP contribution in [-0.4, -0.2) is 36.1 Å². The summed E-state index contributed by atoms with van der Waals surface area (Å²) in [6, 6.07) is 8.21. The van der Waals surface area contributed by atoms with Gasteiger partial charge in [0.05, 0.1) is 25.2 Å². The smallest absolute Gasteiger partial charge is 0.227 e. The Labute approximate surface area is 109 Å². The minimum atomic E-state index is 0.215. The Morgan fingerprint density at radius 2 is 2.29 bits per heavy atom. The van der Waals surface area contributed by atoms with Crippen LogP contribution in [0.25, 0.3) is 0 Å². The van der Waals surface area contributed by atoms with E-state index in [9.17, 15) is 4.79 Å². The third-order valence-electron chi connectivity index (χ3n) is 3.52. The van der Waals surface area contributed by atoms with Crippen molar-refractivity contribution >= 4 is 21.8 Å². The molecule has 0 spiro atoms. The monoisotopic (exact) mass is 295 g/mol. The molecule has 1 aromatic carbocycles. The molecule has 0 radical (unpaired) electrons. The maximum atomic E-state index is 12.2. The van der Waals surface area contributed by atoms with Crippen LogP contribution >= 0.6 is 15.9 Å². The lowest BCUT2D eigenvalue weighted by molar-refractivity contribution is -0.134. The Balaban J connectivity index is 1.70. The van der Waals surface area contributed by atoms with Gasteiger partial charge in [-0.15, -0.1) is 0 Å². The molecule has 2 saturated heterocycles. The van der Waals surface area contributed by atoms with Crippen molar-refractivity contribution in [3.8, 4) is 0 Å². The van der Waals surface area contributed by atoms with E-state index in [-0.39, 0.29) is 12.0 Å². The van der Waals surface area contributed by atoms with Crippen LogP contribution in [0.1, 0.15) is 12.0 Å². The number of morpholine rings is 1. The van der Waals surface area contributed by atoms with E-state index in [0.29, 0.717) is 19.1 Å². The first kappa shape index (κ1) is 11.2. The molecule has 1 aromatic rings. The highest BCUT2D eigenvalue weighted by atomic mass is 79.9. The van der Waals surface area contributed by atoms with E-state index in [1.807, 2.05) is 29.2 Å². The molecule has 2 bridgehead atoms. The molecule has 17 heavy (non-hydrogen) atoms. The number of ether oxygens (including phenoxy) is 1. The highest BCUT2D eigenvalue weighted by Gasteiger charge is 2.41. The van der Waals surface area contributed by atoms with E-state index in [0.717, 1.165) is 23.0 Å². The van der Waals surface area contributed by atoms with Crippen molar-refractivity contribution in [1.29, 1.82) is 0 Å². The molecule has 4 heteroatoms. The van der Waals surface area contributed by atoms with Crippen LogP contribution in [0, 0.1) is 0 Å². The van der Waals surface area contributed by atoms with E-state index in [2.05, 4.69) is 15.9 Å². The summed E-state index contributed by atoms with van der Waals surface area (Å²) in [4.78, 5) is 14.2. The third kappa shape index (κ3) is 2.11. The molecule has 0 N–H and O–H groups in total. The summed E-state index contributed by atoms with van der Waals surface area (Å²) in [6.07, 6.45) is 1.77. The molecule has 2 aliphatic rings. The standard InChI is InChI=1S/C13H14BrNO2/c14-12-4-2-1-3-9(12)5-13(16)15-7-11-6-10(15)8-17-11/h1-4,10-11H,5-8H2. The topological polar surface area (TPSA) is 29.5 Å². The molecule has 2 heterocycles. The normalized spacial score (nSPS) is 26.5. The van der Waals surface area contributed by atoms with Crippen molar-refractivity contribution < 1.29 is 9.53 Å². The first-order valence-electron chi connectivity index (χ1n) is 5.88. The molecular weight excluding hydrogens is 282 g/mol. The predicted molar refractivity (Wildman–Crippen MR) is 67.7 cm³/mol. The Bertz CT molecular complexity index is 449. The molecule has 2 atom stereocenters. The lowest BCUT2D eigenvalue weighted by Crippen LogP contribution is -2.42. The van der Waals surface area contributed by atoms with Gasteiger partial charge >= 0.3 is 0 Å². The Morgan fingerprint density at radius 1 is 1.47 bits per heavy atom. The van der Waals surface area contributed by atoms with Gasteiger partial charge in [-0.1, -0.05) is 34.1 Å². The molecule has 2 fully saturated rings. The number of rotatable bonds is 2. The molecule has 0 aromatic heterocycles. The fourth-order valence-corrected chi connectivity index (χ4v) is 3.04. The molecule has 1 amide bonds. The Morgan fingerprint density at radius 3 is 2.94 bits per heavy atom. The molecule has 90 valence electrons. The van der Waals surface area contributed by atoms with E-state index in [1.54, 1.807) is 0 Å². The number of likely N-dealkylation sites (tertiary alicyclic amines) is 1. The van der Waals surface area contributed by atoms with Gasteiger partial charge in [0.15, 0.2) is 0 Å². The first-order valence-corrected chi connectivity index (χ1v) is 6.68. The quantitative estimate of drug-likeness (QED) is 0.835. The summed E-state index contributed by atoms with van der Waals surface area (Å²) in [5.74, 6) is 0.215. The van der Waals surface area contributed by atoms with Crippen LogP contribution in [-0.2, 0) is 16.0 Å². The lowest BCUT2D eigenvalue weighted by atomic mass is 10.1. The third-order valence-corrected chi connectivity index (χ3v) is 4.29. The summed E-state index contributed by atoms with van der Waals surface area (Å²) in [5, 5.41) is 0. The van der Waals surface area contributed by atoms with Crippen LogP contribution < -0.4 is 0 Å². The van der Waals surface area contributed by atoms with Gasteiger partial charge in [-0.25, -0.2) is 0 Å². The first-order chi connectivity index (χ1) is 8.24. The van der Waals surface area contributed by atoms with E-state index in [1.165, 1.54) is 0 Å². The summed E-state index contributed by atoms with van der Waals surface area (Å²) in [7, 11) is 0. The summed E-state index contributed by atoms with van der Waals surface area (Å²) < 4.78 is 6.51. The maximum Gasteiger partial charge on any atom is 0.227 e. The van der Waals surface area contributed by atoms with E-state index >= 15 is 0 Å². The summed E-state index contributed by atoms with van der Waals surface area (Å²) >= 11 is 3.48. The molecule has 3 rings (SSSR count). The lowest BCUT2D eigenvalue weighted by Gasteiger charge is -2.27. The summed E-state index contributed by atoms with van der Waals surface area (Å²) in [5.41, 5.74) is 1.06.